The summed E-state index contributed by atoms with van der Waals surface area (Å²) in [5, 5.41) is 8.83. The van der Waals surface area contributed by atoms with Crippen molar-refractivity contribution in [3.05, 3.63) is 47.8 Å². The molecule has 0 unspecified atom stereocenters. The Kier molecular flexibility index (Phi) is 2.87. The van der Waals surface area contributed by atoms with Crippen molar-refractivity contribution in [2.75, 3.05) is 5.32 Å². The van der Waals surface area contributed by atoms with E-state index in [1.165, 1.54) is 12.3 Å². The zero-order valence-electron chi connectivity index (χ0n) is 8.81. The molecule has 6 heteroatoms. The van der Waals surface area contributed by atoms with Crippen molar-refractivity contribution < 1.29 is 9.59 Å². The van der Waals surface area contributed by atoms with Crippen LogP contribution in [0, 0.1) is 0 Å². The van der Waals surface area contributed by atoms with Crippen LogP contribution in [0.15, 0.2) is 36.5 Å². The summed E-state index contributed by atoms with van der Waals surface area (Å²) in [6, 6.07) is 7.95. The average molecular weight is 230 g/mol. The standard InChI is InChI=1S/C11H10N4O2/c12-10(16)7-2-1-3-8(6-7)14-11(17)9-4-5-13-15-9/h1-6H,(H2,12,16)(H,13,15)(H,14,17). The molecule has 0 saturated heterocycles. The van der Waals surface area contributed by atoms with Crippen molar-refractivity contribution in [1.29, 1.82) is 0 Å². The number of primary amides is 1. The maximum atomic E-state index is 11.7. The van der Waals surface area contributed by atoms with Crippen LogP contribution in [0.1, 0.15) is 20.8 Å². The molecule has 1 aromatic carbocycles. The number of benzene rings is 1. The summed E-state index contributed by atoms with van der Waals surface area (Å²) in [6.07, 6.45) is 1.48. The van der Waals surface area contributed by atoms with Crippen LogP contribution in [0.5, 0.6) is 0 Å². The lowest BCUT2D eigenvalue weighted by atomic mass is 10.2. The first-order valence-corrected chi connectivity index (χ1v) is 4.87. The van der Waals surface area contributed by atoms with Crippen LogP contribution in [0.2, 0.25) is 0 Å². The largest absolute Gasteiger partial charge is 0.366 e. The smallest absolute Gasteiger partial charge is 0.273 e. The molecule has 2 rings (SSSR count). The molecule has 0 saturated carbocycles. The fraction of sp³-hybridized carbons (Fsp3) is 0. The van der Waals surface area contributed by atoms with Gasteiger partial charge in [-0.3, -0.25) is 14.7 Å². The van der Waals surface area contributed by atoms with Crippen LogP contribution in [0.25, 0.3) is 0 Å². The van der Waals surface area contributed by atoms with Crippen LogP contribution in [0.3, 0.4) is 0 Å². The molecule has 4 N–H and O–H groups in total. The third-order valence-electron chi connectivity index (χ3n) is 2.15. The molecule has 0 spiro atoms. The van der Waals surface area contributed by atoms with Crippen molar-refractivity contribution in [1.82, 2.24) is 10.2 Å². The molecular formula is C11H10N4O2. The van der Waals surface area contributed by atoms with E-state index in [4.69, 9.17) is 5.73 Å². The molecule has 17 heavy (non-hydrogen) atoms. The minimum absolute atomic E-state index is 0.330. The summed E-state index contributed by atoms with van der Waals surface area (Å²) >= 11 is 0. The lowest BCUT2D eigenvalue weighted by Crippen LogP contribution is -2.14. The molecular weight excluding hydrogens is 220 g/mol. The SMILES string of the molecule is NC(=O)c1cccc(NC(=O)c2ccn[nH]2)c1. The fourth-order valence-corrected chi connectivity index (χ4v) is 1.33. The minimum Gasteiger partial charge on any atom is -0.366 e. The van der Waals surface area contributed by atoms with E-state index in [1.54, 1.807) is 24.3 Å². The summed E-state index contributed by atoms with van der Waals surface area (Å²) in [7, 11) is 0. The molecule has 1 heterocycles. The number of nitrogens with one attached hydrogen (secondary N) is 2. The monoisotopic (exact) mass is 230 g/mol. The highest BCUT2D eigenvalue weighted by Gasteiger charge is 2.08. The topological polar surface area (TPSA) is 101 Å². The van der Waals surface area contributed by atoms with Crippen LogP contribution in [-0.4, -0.2) is 22.0 Å². The van der Waals surface area contributed by atoms with Gasteiger partial charge in [-0.15, -0.1) is 0 Å². The van der Waals surface area contributed by atoms with Gasteiger partial charge in [0, 0.05) is 17.4 Å². The number of anilines is 1. The number of aromatic amines is 1. The van der Waals surface area contributed by atoms with E-state index < -0.39 is 5.91 Å². The number of carbonyl (C=O) groups excluding carboxylic acids is 2. The van der Waals surface area contributed by atoms with Gasteiger partial charge in [-0.05, 0) is 24.3 Å². The summed E-state index contributed by atoms with van der Waals surface area (Å²) in [6.45, 7) is 0. The van der Waals surface area contributed by atoms with Gasteiger partial charge >= 0.3 is 0 Å². The highest BCUT2D eigenvalue weighted by Crippen LogP contribution is 2.11. The average Bonchev–Trinajstić information content (AvgIpc) is 2.82. The second-order valence-electron chi connectivity index (χ2n) is 3.37. The first-order chi connectivity index (χ1) is 8.16. The highest BCUT2D eigenvalue weighted by molar-refractivity contribution is 6.03. The number of amides is 2. The molecule has 1 aromatic heterocycles. The van der Waals surface area contributed by atoms with Crippen molar-refractivity contribution in [2.45, 2.75) is 0 Å². The summed E-state index contributed by atoms with van der Waals surface area (Å²) in [5.41, 5.74) is 6.32. The molecule has 86 valence electrons. The molecule has 2 aromatic rings. The lowest BCUT2D eigenvalue weighted by Gasteiger charge is -2.04. The van der Waals surface area contributed by atoms with Crippen molar-refractivity contribution >= 4 is 17.5 Å². The molecule has 0 radical (unpaired) electrons. The molecule has 0 aliphatic rings. The molecule has 0 atom stereocenters. The highest BCUT2D eigenvalue weighted by atomic mass is 16.2. The number of nitrogens with zero attached hydrogens (tertiary/aromatic N) is 1. The predicted octanol–water partition coefficient (Wildman–Crippen LogP) is 0.761. The first kappa shape index (κ1) is 10.9. The third kappa shape index (κ3) is 2.49. The van der Waals surface area contributed by atoms with E-state index >= 15 is 0 Å². The van der Waals surface area contributed by atoms with Gasteiger partial charge in [-0.1, -0.05) is 6.07 Å². The molecule has 0 fully saturated rings. The Morgan fingerprint density at radius 2 is 2.12 bits per heavy atom. The predicted molar refractivity (Wildman–Crippen MR) is 61.5 cm³/mol. The minimum atomic E-state index is -0.539. The third-order valence-corrected chi connectivity index (χ3v) is 2.15. The first-order valence-electron chi connectivity index (χ1n) is 4.87. The maximum absolute atomic E-state index is 11.7. The van der Waals surface area contributed by atoms with Crippen LogP contribution < -0.4 is 11.1 Å². The van der Waals surface area contributed by atoms with E-state index in [0.717, 1.165) is 0 Å². The quantitative estimate of drug-likeness (QED) is 0.725. The fourth-order valence-electron chi connectivity index (χ4n) is 1.33. The Morgan fingerprint density at radius 3 is 2.76 bits per heavy atom. The van der Waals surface area contributed by atoms with Gasteiger partial charge in [0.05, 0.1) is 0 Å². The zero-order chi connectivity index (χ0) is 12.3. The van der Waals surface area contributed by atoms with Gasteiger partial charge in [0.25, 0.3) is 5.91 Å². The number of H-pyrrole nitrogens is 1. The van der Waals surface area contributed by atoms with Gasteiger partial charge in [0.15, 0.2) is 0 Å². The Hall–Kier alpha value is -2.63. The number of aromatic nitrogens is 2. The van der Waals surface area contributed by atoms with E-state index in [2.05, 4.69) is 15.5 Å². The summed E-state index contributed by atoms with van der Waals surface area (Å²) < 4.78 is 0. The normalized spacial score (nSPS) is 9.88. The maximum Gasteiger partial charge on any atom is 0.273 e. The Balaban J connectivity index is 2.16. The molecule has 6 nitrogen and oxygen atoms in total. The second-order valence-corrected chi connectivity index (χ2v) is 3.37. The van der Waals surface area contributed by atoms with E-state index in [9.17, 15) is 9.59 Å². The van der Waals surface area contributed by atoms with Crippen LogP contribution >= 0.6 is 0 Å². The number of nitrogens with two attached hydrogens (primary N) is 1. The van der Waals surface area contributed by atoms with Crippen molar-refractivity contribution in [3.63, 3.8) is 0 Å². The van der Waals surface area contributed by atoms with E-state index in [0.29, 0.717) is 16.9 Å². The van der Waals surface area contributed by atoms with Gasteiger partial charge in [0.2, 0.25) is 5.91 Å². The Morgan fingerprint density at radius 1 is 1.29 bits per heavy atom. The van der Waals surface area contributed by atoms with Crippen molar-refractivity contribution in [3.8, 4) is 0 Å². The van der Waals surface area contributed by atoms with Gasteiger partial charge < -0.3 is 11.1 Å². The van der Waals surface area contributed by atoms with E-state index in [-0.39, 0.29) is 5.91 Å². The Labute approximate surface area is 96.8 Å². The molecule has 0 aliphatic carbocycles. The molecule has 0 aliphatic heterocycles. The van der Waals surface area contributed by atoms with Crippen LogP contribution in [0.4, 0.5) is 5.69 Å². The molecule has 2 amide bonds. The van der Waals surface area contributed by atoms with Crippen LogP contribution in [-0.2, 0) is 0 Å². The zero-order valence-corrected chi connectivity index (χ0v) is 8.81. The number of hydrogen-bond acceptors (Lipinski definition) is 3. The number of rotatable bonds is 3. The van der Waals surface area contributed by atoms with Gasteiger partial charge in [-0.25, -0.2) is 0 Å². The summed E-state index contributed by atoms with van der Waals surface area (Å²) in [4.78, 5) is 22.6. The Bertz CT molecular complexity index is 548. The van der Waals surface area contributed by atoms with Gasteiger partial charge in [-0.2, -0.15) is 5.10 Å². The van der Waals surface area contributed by atoms with E-state index in [1.807, 2.05) is 0 Å². The number of hydrogen-bond donors (Lipinski definition) is 3. The van der Waals surface area contributed by atoms with Gasteiger partial charge in [0.1, 0.15) is 5.69 Å². The number of carbonyl (C=O) groups is 2. The molecule has 0 bridgehead atoms. The van der Waals surface area contributed by atoms with Crippen molar-refractivity contribution in [2.24, 2.45) is 5.73 Å². The second kappa shape index (κ2) is 4.48. The summed E-state index contributed by atoms with van der Waals surface area (Å²) in [5.74, 6) is -0.869. The lowest BCUT2D eigenvalue weighted by molar-refractivity contribution is 0.0995.